The van der Waals surface area contributed by atoms with Crippen LogP contribution < -0.4 is 5.32 Å². The summed E-state index contributed by atoms with van der Waals surface area (Å²) in [5, 5.41) is 3.17. The molecule has 0 spiro atoms. The number of hydrogen-bond acceptors (Lipinski definition) is 3. The molecule has 1 heterocycles. The molecule has 0 atom stereocenters. The maximum absolute atomic E-state index is 4.29. The van der Waals surface area contributed by atoms with Crippen molar-refractivity contribution < 1.29 is 0 Å². The van der Waals surface area contributed by atoms with E-state index in [4.69, 9.17) is 0 Å². The van der Waals surface area contributed by atoms with Crippen LogP contribution in [0.2, 0.25) is 0 Å². The minimum absolute atomic E-state index is 0.669. The molecule has 0 saturated heterocycles. The molecular formula is C11H15N3. The highest BCUT2D eigenvalue weighted by atomic mass is 15.0. The molecule has 0 unspecified atom stereocenters. The normalized spacial score (nSPS) is 16.0. The molecule has 3 heteroatoms. The molecule has 3 nitrogen and oxygen atoms in total. The molecule has 1 fully saturated rings. The minimum Gasteiger partial charge on any atom is -0.367 e. The lowest BCUT2D eigenvalue weighted by Crippen LogP contribution is -2.11. The van der Waals surface area contributed by atoms with E-state index in [2.05, 4.69) is 21.9 Å². The van der Waals surface area contributed by atoms with E-state index >= 15 is 0 Å². The summed E-state index contributed by atoms with van der Waals surface area (Å²) in [6, 6.07) is 2.05. The summed E-state index contributed by atoms with van der Waals surface area (Å²) in [6.45, 7) is 4.41. The van der Waals surface area contributed by atoms with Gasteiger partial charge in [0.15, 0.2) is 0 Å². The molecule has 74 valence electrons. The lowest BCUT2D eigenvalue weighted by atomic mass is 9.83. The second-order valence-corrected chi connectivity index (χ2v) is 3.63. The Bertz CT molecular complexity index is 318. The average Bonchev–Trinajstić information content (AvgIpc) is 2.13. The third-order valence-electron chi connectivity index (χ3n) is 2.64. The Morgan fingerprint density at radius 1 is 1.50 bits per heavy atom. The molecule has 0 aromatic carbocycles. The van der Waals surface area contributed by atoms with Gasteiger partial charge in [0.1, 0.15) is 12.1 Å². The number of rotatable bonds is 4. The Balaban J connectivity index is 2.05. The van der Waals surface area contributed by atoms with Crippen LogP contribution in [0.3, 0.4) is 0 Å². The first kappa shape index (κ1) is 9.19. The van der Waals surface area contributed by atoms with Gasteiger partial charge in [-0.25, -0.2) is 9.97 Å². The summed E-state index contributed by atoms with van der Waals surface area (Å²) in [5.41, 5.74) is 1.18. The van der Waals surface area contributed by atoms with Crippen molar-refractivity contribution in [2.45, 2.75) is 25.2 Å². The van der Waals surface area contributed by atoms with Crippen LogP contribution in [0.1, 0.15) is 30.9 Å². The van der Waals surface area contributed by atoms with Crippen LogP contribution in [0.15, 0.2) is 25.0 Å². The molecule has 1 aliphatic rings. The molecule has 1 aromatic heterocycles. The largest absolute Gasteiger partial charge is 0.367 e. The molecule has 2 rings (SSSR count). The van der Waals surface area contributed by atoms with Crippen molar-refractivity contribution in [1.82, 2.24) is 9.97 Å². The molecule has 1 aromatic rings. The van der Waals surface area contributed by atoms with Gasteiger partial charge in [-0.15, -0.1) is 6.58 Å². The van der Waals surface area contributed by atoms with Crippen molar-refractivity contribution in [3.05, 3.63) is 30.7 Å². The van der Waals surface area contributed by atoms with E-state index in [1.54, 1.807) is 6.33 Å². The fourth-order valence-electron chi connectivity index (χ4n) is 1.57. The van der Waals surface area contributed by atoms with Gasteiger partial charge in [0.05, 0.1) is 0 Å². The van der Waals surface area contributed by atoms with E-state index in [9.17, 15) is 0 Å². The number of anilines is 1. The molecule has 1 saturated carbocycles. The van der Waals surface area contributed by atoms with Gasteiger partial charge in [0.25, 0.3) is 0 Å². The van der Waals surface area contributed by atoms with Crippen molar-refractivity contribution in [3.63, 3.8) is 0 Å². The molecular weight excluding hydrogens is 174 g/mol. The van der Waals surface area contributed by atoms with Crippen molar-refractivity contribution >= 4 is 5.82 Å². The maximum atomic E-state index is 4.29. The van der Waals surface area contributed by atoms with Crippen LogP contribution in [-0.4, -0.2) is 16.5 Å². The van der Waals surface area contributed by atoms with Gasteiger partial charge in [0.2, 0.25) is 0 Å². The lowest BCUT2D eigenvalue weighted by molar-refractivity contribution is 0.411. The van der Waals surface area contributed by atoms with Gasteiger partial charge >= 0.3 is 0 Å². The van der Waals surface area contributed by atoms with Gasteiger partial charge in [-0.05, 0) is 12.8 Å². The van der Waals surface area contributed by atoms with Gasteiger partial charge < -0.3 is 5.32 Å². The Labute approximate surface area is 84.3 Å². The third kappa shape index (κ3) is 1.92. The molecule has 0 radical (unpaired) electrons. The molecule has 0 bridgehead atoms. The summed E-state index contributed by atoms with van der Waals surface area (Å²) in [4.78, 5) is 8.44. The van der Waals surface area contributed by atoms with Gasteiger partial charge in [0, 0.05) is 24.2 Å². The van der Waals surface area contributed by atoms with Crippen molar-refractivity contribution in [2.24, 2.45) is 0 Å². The average molecular weight is 189 g/mol. The van der Waals surface area contributed by atoms with Gasteiger partial charge in [-0.1, -0.05) is 12.5 Å². The van der Waals surface area contributed by atoms with Gasteiger partial charge in [-0.3, -0.25) is 0 Å². The standard InChI is InChI=1S/C11H15N3/c1-2-6-12-11-7-10(13-8-14-11)9-4-3-5-9/h2,7-9H,1,3-6H2,(H,12,13,14). The highest BCUT2D eigenvalue weighted by Gasteiger charge is 2.20. The van der Waals surface area contributed by atoms with E-state index in [-0.39, 0.29) is 0 Å². The quantitative estimate of drug-likeness (QED) is 0.739. The van der Waals surface area contributed by atoms with E-state index < -0.39 is 0 Å². The summed E-state index contributed by atoms with van der Waals surface area (Å²) in [7, 11) is 0. The van der Waals surface area contributed by atoms with Crippen molar-refractivity contribution in [2.75, 3.05) is 11.9 Å². The first-order chi connectivity index (χ1) is 6.90. The maximum Gasteiger partial charge on any atom is 0.129 e. The first-order valence-corrected chi connectivity index (χ1v) is 5.07. The van der Waals surface area contributed by atoms with Crippen LogP contribution >= 0.6 is 0 Å². The second-order valence-electron chi connectivity index (χ2n) is 3.63. The fourth-order valence-corrected chi connectivity index (χ4v) is 1.57. The zero-order valence-electron chi connectivity index (χ0n) is 8.24. The van der Waals surface area contributed by atoms with E-state index in [1.807, 2.05) is 12.1 Å². The summed E-state index contributed by atoms with van der Waals surface area (Å²) >= 11 is 0. The van der Waals surface area contributed by atoms with E-state index in [0.29, 0.717) is 5.92 Å². The Morgan fingerprint density at radius 3 is 3.00 bits per heavy atom. The molecule has 14 heavy (non-hydrogen) atoms. The zero-order valence-corrected chi connectivity index (χ0v) is 8.24. The highest BCUT2D eigenvalue weighted by Crippen LogP contribution is 2.35. The molecule has 0 aliphatic heterocycles. The topological polar surface area (TPSA) is 37.8 Å². The summed E-state index contributed by atoms with van der Waals surface area (Å²) < 4.78 is 0. The van der Waals surface area contributed by atoms with Crippen LogP contribution in [0, 0.1) is 0 Å². The smallest absolute Gasteiger partial charge is 0.129 e. The van der Waals surface area contributed by atoms with E-state index in [0.717, 1.165) is 12.4 Å². The predicted octanol–water partition coefficient (Wildman–Crippen LogP) is 2.34. The fraction of sp³-hybridized carbons (Fsp3) is 0.455. The second kappa shape index (κ2) is 4.22. The minimum atomic E-state index is 0.669. The summed E-state index contributed by atoms with van der Waals surface area (Å²) in [5.74, 6) is 1.57. The molecule has 0 amide bonds. The summed E-state index contributed by atoms with van der Waals surface area (Å²) in [6.07, 6.45) is 7.35. The highest BCUT2D eigenvalue weighted by molar-refractivity contribution is 5.36. The Morgan fingerprint density at radius 2 is 2.36 bits per heavy atom. The van der Waals surface area contributed by atoms with Crippen LogP contribution in [0.5, 0.6) is 0 Å². The zero-order chi connectivity index (χ0) is 9.80. The predicted molar refractivity (Wildman–Crippen MR) is 57.3 cm³/mol. The van der Waals surface area contributed by atoms with Crippen LogP contribution in [0.25, 0.3) is 0 Å². The SMILES string of the molecule is C=CCNc1cc(C2CCC2)ncn1. The number of aromatic nitrogens is 2. The molecule has 1 N–H and O–H groups in total. The Hall–Kier alpha value is -1.38. The first-order valence-electron chi connectivity index (χ1n) is 5.07. The van der Waals surface area contributed by atoms with Crippen LogP contribution in [0.4, 0.5) is 5.82 Å². The monoisotopic (exact) mass is 189 g/mol. The number of nitrogens with one attached hydrogen (secondary N) is 1. The molecule has 1 aliphatic carbocycles. The third-order valence-corrected chi connectivity index (χ3v) is 2.64. The van der Waals surface area contributed by atoms with Crippen molar-refractivity contribution in [3.8, 4) is 0 Å². The van der Waals surface area contributed by atoms with Crippen molar-refractivity contribution in [1.29, 1.82) is 0 Å². The number of nitrogens with zero attached hydrogens (tertiary/aromatic N) is 2. The van der Waals surface area contributed by atoms with E-state index in [1.165, 1.54) is 25.0 Å². The Kier molecular flexibility index (Phi) is 2.77. The number of hydrogen-bond donors (Lipinski definition) is 1. The van der Waals surface area contributed by atoms with Crippen LogP contribution in [-0.2, 0) is 0 Å². The van der Waals surface area contributed by atoms with Gasteiger partial charge in [-0.2, -0.15) is 0 Å². The lowest BCUT2D eigenvalue weighted by Gasteiger charge is -2.24.